The number of thioether (sulfide) groups is 2. The topological polar surface area (TPSA) is 68.9 Å². The maximum atomic E-state index is 10.4. The molecule has 12 heavy (non-hydrogen) atoms. The minimum absolute atomic E-state index is 0.267. The van der Waals surface area contributed by atoms with Crippen LogP contribution in [0.25, 0.3) is 0 Å². The summed E-state index contributed by atoms with van der Waals surface area (Å²) in [6, 6.07) is 0. The summed E-state index contributed by atoms with van der Waals surface area (Å²) in [5.41, 5.74) is 4.97. The lowest BCUT2D eigenvalue weighted by atomic mass is 10.8. The molecule has 0 saturated carbocycles. The van der Waals surface area contributed by atoms with Gasteiger partial charge in [-0.3, -0.25) is 4.79 Å². The molecule has 0 atom stereocenters. The van der Waals surface area contributed by atoms with Crippen molar-refractivity contribution in [2.24, 2.45) is 5.73 Å². The number of nitrogens with two attached hydrogens (primary N) is 1. The van der Waals surface area contributed by atoms with E-state index in [0.29, 0.717) is 0 Å². The summed E-state index contributed by atoms with van der Waals surface area (Å²) in [5, 5.41) is 0.743. The van der Waals surface area contributed by atoms with Gasteiger partial charge in [0, 0.05) is 0 Å². The lowest BCUT2D eigenvalue weighted by Crippen LogP contribution is -2.12. The minimum atomic E-state index is -0.332. The van der Waals surface area contributed by atoms with Gasteiger partial charge in [-0.2, -0.15) is 4.37 Å². The van der Waals surface area contributed by atoms with E-state index >= 15 is 0 Å². The van der Waals surface area contributed by atoms with Crippen molar-refractivity contribution in [2.75, 3.05) is 12.0 Å². The SMILES string of the molecule is CSc1nsc(SCC(N)=O)n1. The van der Waals surface area contributed by atoms with Gasteiger partial charge >= 0.3 is 0 Å². The highest BCUT2D eigenvalue weighted by Crippen LogP contribution is 2.22. The third-order valence-electron chi connectivity index (χ3n) is 0.909. The van der Waals surface area contributed by atoms with E-state index in [-0.39, 0.29) is 11.7 Å². The molecule has 0 fully saturated rings. The molecule has 4 nitrogen and oxygen atoms in total. The second-order valence-corrected chi connectivity index (χ2v) is 4.55. The van der Waals surface area contributed by atoms with Gasteiger partial charge in [-0.1, -0.05) is 23.5 Å². The fourth-order valence-corrected chi connectivity index (χ4v) is 2.42. The van der Waals surface area contributed by atoms with Crippen molar-refractivity contribution in [3.05, 3.63) is 0 Å². The van der Waals surface area contributed by atoms with Gasteiger partial charge in [0.2, 0.25) is 11.1 Å². The molecule has 0 aliphatic rings. The van der Waals surface area contributed by atoms with Crippen molar-refractivity contribution in [2.45, 2.75) is 9.50 Å². The lowest BCUT2D eigenvalue weighted by Gasteiger charge is -1.88. The van der Waals surface area contributed by atoms with Gasteiger partial charge in [-0.05, 0) is 17.8 Å². The van der Waals surface area contributed by atoms with Crippen LogP contribution in [0.15, 0.2) is 9.50 Å². The average molecular weight is 221 g/mol. The zero-order chi connectivity index (χ0) is 8.97. The lowest BCUT2D eigenvalue weighted by molar-refractivity contribution is -0.115. The summed E-state index contributed by atoms with van der Waals surface area (Å²) in [6.45, 7) is 0. The van der Waals surface area contributed by atoms with Crippen LogP contribution >= 0.6 is 35.1 Å². The maximum absolute atomic E-state index is 10.4. The normalized spacial score (nSPS) is 10.1. The van der Waals surface area contributed by atoms with Crippen molar-refractivity contribution in [3.63, 3.8) is 0 Å². The molecule has 0 bridgehead atoms. The Balaban J connectivity index is 2.47. The number of carbonyl (C=O) groups is 1. The molecule has 1 amide bonds. The monoisotopic (exact) mass is 221 g/mol. The molecule has 0 spiro atoms. The van der Waals surface area contributed by atoms with Crippen molar-refractivity contribution in [1.29, 1.82) is 0 Å². The molecule has 1 heterocycles. The van der Waals surface area contributed by atoms with Crippen LogP contribution in [0, 0.1) is 0 Å². The number of aromatic nitrogens is 2. The van der Waals surface area contributed by atoms with E-state index in [2.05, 4.69) is 9.36 Å². The Labute approximate surface area is 82.5 Å². The second kappa shape index (κ2) is 4.68. The fraction of sp³-hybridized carbons (Fsp3) is 0.400. The Morgan fingerprint density at radius 2 is 2.50 bits per heavy atom. The van der Waals surface area contributed by atoms with E-state index in [0.717, 1.165) is 9.50 Å². The Bertz CT molecular complexity index is 275. The quantitative estimate of drug-likeness (QED) is 0.763. The second-order valence-electron chi connectivity index (χ2n) is 1.80. The van der Waals surface area contributed by atoms with E-state index < -0.39 is 0 Å². The van der Waals surface area contributed by atoms with Crippen LogP contribution < -0.4 is 5.73 Å². The number of carbonyl (C=O) groups excluding carboxylic acids is 1. The summed E-state index contributed by atoms with van der Waals surface area (Å²) in [4.78, 5) is 14.5. The molecule has 1 aromatic heterocycles. The van der Waals surface area contributed by atoms with Crippen LogP contribution in [-0.2, 0) is 4.79 Å². The number of hydrogen-bond acceptors (Lipinski definition) is 6. The number of amides is 1. The number of rotatable bonds is 4. The van der Waals surface area contributed by atoms with Crippen molar-refractivity contribution in [3.8, 4) is 0 Å². The summed E-state index contributed by atoms with van der Waals surface area (Å²) in [5.74, 6) is -0.0656. The van der Waals surface area contributed by atoms with Gasteiger partial charge in [0.1, 0.15) is 0 Å². The molecule has 2 N–H and O–H groups in total. The zero-order valence-electron chi connectivity index (χ0n) is 6.31. The van der Waals surface area contributed by atoms with Gasteiger partial charge in [0.25, 0.3) is 0 Å². The minimum Gasteiger partial charge on any atom is -0.369 e. The Morgan fingerprint density at radius 3 is 3.00 bits per heavy atom. The molecule has 66 valence electrons. The van der Waals surface area contributed by atoms with E-state index in [4.69, 9.17) is 5.73 Å². The summed E-state index contributed by atoms with van der Waals surface area (Å²) >= 11 is 4.09. The number of primary amides is 1. The predicted molar refractivity (Wildman–Crippen MR) is 51.6 cm³/mol. The van der Waals surface area contributed by atoms with Crippen molar-refractivity contribution in [1.82, 2.24) is 9.36 Å². The standard InChI is InChI=1S/C5H7N3OS3/c1-10-4-7-5(12-8-4)11-2-3(6)9/h2H2,1H3,(H2,6,9). The predicted octanol–water partition coefficient (Wildman–Crippen LogP) is 0.837. The van der Waals surface area contributed by atoms with E-state index in [9.17, 15) is 4.79 Å². The first-order valence-corrected chi connectivity index (χ1v) is 5.99. The first kappa shape index (κ1) is 9.82. The molecule has 0 aromatic carbocycles. The number of hydrogen-bond donors (Lipinski definition) is 1. The highest BCUT2D eigenvalue weighted by molar-refractivity contribution is 8.01. The van der Waals surface area contributed by atoms with Crippen LogP contribution in [0.4, 0.5) is 0 Å². The Hall–Kier alpha value is -0.270. The first-order valence-electron chi connectivity index (χ1n) is 3.01. The molecular weight excluding hydrogens is 214 g/mol. The first-order chi connectivity index (χ1) is 5.72. The molecular formula is C5H7N3OS3. The molecule has 0 saturated heterocycles. The van der Waals surface area contributed by atoms with E-state index in [1.807, 2.05) is 6.26 Å². The molecule has 0 aliphatic carbocycles. The van der Waals surface area contributed by atoms with Gasteiger partial charge < -0.3 is 5.73 Å². The van der Waals surface area contributed by atoms with Crippen molar-refractivity contribution < 1.29 is 4.79 Å². The zero-order valence-corrected chi connectivity index (χ0v) is 8.76. The number of nitrogens with zero attached hydrogens (tertiary/aromatic N) is 2. The average Bonchev–Trinajstić information content (AvgIpc) is 2.48. The largest absolute Gasteiger partial charge is 0.369 e. The smallest absolute Gasteiger partial charge is 0.227 e. The summed E-state index contributed by atoms with van der Waals surface area (Å²) in [6.07, 6.45) is 1.91. The van der Waals surface area contributed by atoms with Gasteiger partial charge in [-0.25, -0.2) is 4.98 Å². The van der Waals surface area contributed by atoms with Crippen LogP contribution in [0.2, 0.25) is 0 Å². The molecule has 1 rings (SSSR count). The van der Waals surface area contributed by atoms with Gasteiger partial charge in [0.05, 0.1) is 5.75 Å². The molecule has 0 unspecified atom stereocenters. The third kappa shape index (κ3) is 3.00. The molecule has 0 radical (unpaired) electrons. The van der Waals surface area contributed by atoms with Crippen LogP contribution in [0.5, 0.6) is 0 Å². The maximum Gasteiger partial charge on any atom is 0.227 e. The Morgan fingerprint density at radius 1 is 1.75 bits per heavy atom. The molecule has 1 aromatic rings. The fourth-order valence-electron chi connectivity index (χ4n) is 0.471. The van der Waals surface area contributed by atoms with Gasteiger partial charge in [0.15, 0.2) is 4.34 Å². The van der Waals surface area contributed by atoms with E-state index in [1.54, 1.807) is 0 Å². The third-order valence-corrected chi connectivity index (χ3v) is 3.43. The van der Waals surface area contributed by atoms with Crippen LogP contribution in [0.3, 0.4) is 0 Å². The Kier molecular flexibility index (Phi) is 3.83. The van der Waals surface area contributed by atoms with Gasteiger partial charge in [-0.15, -0.1) is 0 Å². The highest BCUT2D eigenvalue weighted by Gasteiger charge is 2.04. The molecule has 7 heteroatoms. The van der Waals surface area contributed by atoms with Crippen LogP contribution in [0.1, 0.15) is 0 Å². The van der Waals surface area contributed by atoms with Crippen LogP contribution in [-0.4, -0.2) is 27.3 Å². The summed E-state index contributed by atoms with van der Waals surface area (Å²) in [7, 11) is 0. The van der Waals surface area contributed by atoms with E-state index in [1.165, 1.54) is 35.1 Å². The molecule has 0 aliphatic heterocycles. The van der Waals surface area contributed by atoms with Crippen molar-refractivity contribution >= 4 is 41.0 Å². The highest BCUT2D eigenvalue weighted by atomic mass is 32.2. The summed E-state index contributed by atoms with van der Waals surface area (Å²) < 4.78 is 4.82.